The number of nitrogens with one attached hydrogen (secondary N) is 3. The lowest BCUT2D eigenvalue weighted by molar-refractivity contribution is -0.128. The smallest absolute Gasteiger partial charge is 0.407 e. The summed E-state index contributed by atoms with van der Waals surface area (Å²) in [6, 6.07) is 21.2. The second kappa shape index (κ2) is 11.9. The molecule has 0 fully saturated rings. The molecule has 8 heteroatoms. The summed E-state index contributed by atoms with van der Waals surface area (Å²) in [5.41, 5.74) is 5.74. The Bertz CT molecular complexity index is 1260. The first kappa shape index (κ1) is 26.9. The van der Waals surface area contributed by atoms with E-state index in [0.29, 0.717) is 5.69 Å². The largest absolute Gasteiger partial charge is 0.449 e. The van der Waals surface area contributed by atoms with Crippen molar-refractivity contribution in [2.45, 2.75) is 45.4 Å². The molecule has 3 aromatic carbocycles. The van der Waals surface area contributed by atoms with Crippen LogP contribution in [0.3, 0.4) is 0 Å². The molecule has 0 saturated heterocycles. The van der Waals surface area contributed by atoms with Crippen molar-refractivity contribution in [1.29, 1.82) is 0 Å². The van der Waals surface area contributed by atoms with E-state index in [9.17, 15) is 14.4 Å². The minimum absolute atomic E-state index is 0.0883. The van der Waals surface area contributed by atoms with E-state index in [1.54, 1.807) is 45.0 Å². The number of hydrogen-bond donors (Lipinski definition) is 4. The van der Waals surface area contributed by atoms with Crippen LogP contribution in [-0.2, 0) is 20.9 Å². The van der Waals surface area contributed by atoms with Gasteiger partial charge >= 0.3 is 6.09 Å². The molecule has 0 radical (unpaired) electrons. The van der Waals surface area contributed by atoms with Crippen molar-refractivity contribution in [1.82, 2.24) is 10.6 Å². The van der Waals surface area contributed by atoms with E-state index in [-0.39, 0.29) is 25.0 Å². The summed E-state index contributed by atoms with van der Waals surface area (Å²) < 4.78 is 5.59. The molecular weight excluding hydrogens is 482 g/mol. The van der Waals surface area contributed by atoms with Crippen LogP contribution in [0.4, 0.5) is 10.5 Å². The van der Waals surface area contributed by atoms with Gasteiger partial charge < -0.3 is 25.8 Å². The van der Waals surface area contributed by atoms with Crippen LogP contribution in [0.25, 0.3) is 11.1 Å². The van der Waals surface area contributed by atoms with Gasteiger partial charge in [0.2, 0.25) is 11.8 Å². The molecule has 0 aromatic heterocycles. The van der Waals surface area contributed by atoms with Crippen LogP contribution in [-0.4, -0.2) is 41.7 Å². The molecule has 1 aliphatic carbocycles. The van der Waals surface area contributed by atoms with Crippen molar-refractivity contribution < 1.29 is 24.2 Å². The van der Waals surface area contributed by atoms with E-state index < -0.39 is 30.0 Å². The number of fused-ring (bicyclic) bond motifs is 3. The van der Waals surface area contributed by atoms with Crippen LogP contribution in [0.15, 0.2) is 72.8 Å². The molecule has 0 aliphatic heterocycles. The molecule has 0 spiro atoms. The number of aliphatic hydroxyl groups is 1. The number of anilines is 1. The number of carbonyl (C=O) groups is 3. The third kappa shape index (κ3) is 6.03. The molecule has 1 aliphatic rings. The van der Waals surface area contributed by atoms with E-state index in [0.717, 1.165) is 27.8 Å². The van der Waals surface area contributed by atoms with Gasteiger partial charge in [-0.3, -0.25) is 9.59 Å². The average molecular weight is 516 g/mol. The van der Waals surface area contributed by atoms with Crippen molar-refractivity contribution >= 4 is 23.6 Å². The zero-order valence-corrected chi connectivity index (χ0v) is 21.7. The molecule has 3 aromatic rings. The Morgan fingerprint density at radius 1 is 0.816 bits per heavy atom. The van der Waals surface area contributed by atoms with Gasteiger partial charge in [-0.2, -0.15) is 0 Å². The summed E-state index contributed by atoms with van der Waals surface area (Å²) in [5.74, 6) is -1.21. The number of rotatable bonds is 9. The van der Waals surface area contributed by atoms with Gasteiger partial charge in [-0.05, 0) is 52.8 Å². The average Bonchev–Trinajstić information content (AvgIpc) is 3.24. The number of benzene rings is 3. The van der Waals surface area contributed by atoms with Gasteiger partial charge in [0, 0.05) is 11.6 Å². The molecule has 0 bridgehead atoms. The van der Waals surface area contributed by atoms with E-state index in [1.165, 1.54) is 0 Å². The second-order valence-electron chi connectivity index (χ2n) is 9.77. The maximum absolute atomic E-state index is 13.0. The number of alkyl carbamates (subject to hydrolysis) is 1. The minimum atomic E-state index is -0.885. The summed E-state index contributed by atoms with van der Waals surface area (Å²) in [4.78, 5) is 38.3. The quantitative estimate of drug-likeness (QED) is 0.341. The summed E-state index contributed by atoms with van der Waals surface area (Å²) >= 11 is 0. The molecule has 0 saturated carbocycles. The lowest BCUT2D eigenvalue weighted by Gasteiger charge is -2.24. The fraction of sp³-hybridized carbons (Fsp3) is 0.300. The van der Waals surface area contributed by atoms with Crippen LogP contribution < -0.4 is 16.0 Å². The molecule has 4 N–H and O–H groups in total. The first-order chi connectivity index (χ1) is 18.3. The fourth-order valence-corrected chi connectivity index (χ4v) is 4.61. The Morgan fingerprint density at radius 2 is 1.39 bits per heavy atom. The fourth-order valence-electron chi connectivity index (χ4n) is 4.61. The highest BCUT2D eigenvalue weighted by atomic mass is 16.5. The lowest BCUT2D eigenvalue weighted by Crippen LogP contribution is -2.53. The van der Waals surface area contributed by atoms with Crippen molar-refractivity contribution in [2.75, 3.05) is 11.9 Å². The zero-order chi connectivity index (χ0) is 27.2. The molecule has 38 heavy (non-hydrogen) atoms. The number of carbonyl (C=O) groups excluding carboxylic acids is 3. The third-order valence-corrected chi connectivity index (χ3v) is 6.72. The Labute approximate surface area is 222 Å². The number of hydrogen-bond acceptors (Lipinski definition) is 5. The molecule has 3 amide bonds. The van der Waals surface area contributed by atoms with Crippen molar-refractivity contribution in [2.24, 2.45) is 5.92 Å². The van der Waals surface area contributed by atoms with Gasteiger partial charge in [0.1, 0.15) is 18.7 Å². The summed E-state index contributed by atoms with van der Waals surface area (Å²) in [6.45, 7) is 5.23. The first-order valence-electron chi connectivity index (χ1n) is 12.7. The van der Waals surface area contributed by atoms with Crippen LogP contribution in [0.1, 0.15) is 43.4 Å². The van der Waals surface area contributed by atoms with Crippen LogP contribution in [0.5, 0.6) is 0 Å². The maximum Gasteiger partial charge on any atom is 0.407 e. The Hall–Kier alpha value is -4.17. The van der Waals surface area contributed by atoms with Crippen molar-refractivity contribution in [3.05, 3.63) is 89.5 Å². The minimum Gasteiger partial charge on any atom is -0.449 e. The molecular formula is C30H33N3O5. The molecule has 198 valence electrons. The summed E-state index contributed by atoms with van der Waals surface area (Å²) in [5, 5.41) is 17.2. The number of amides is 3. The maximum atomic E-state index is 13.0. The van der Waals surface area contributed by atoms with E-state index in [1.807, 2.05) is 36.4 Å². The highest BCUT2D eigenvalue weighted by Crippen LogP contribution is 2.44. The summed E-state index contributed by atoms with van der Waals surface area (Å²) in [7, 11) is 0. The van der Waals surface area contributed by atoms with Gasteiger partial charge in [0.05, 0.1) is 6.61 Å². The Kier molecular flexibility index (Phi) is 8.43. The van der Waals surface area contributed by atoms with Gasteiger partial charge in [-0.1, -0.05) is 74.5 Å². The van der Waals surface area contributed by atoms with Gasteiger partial charge in [0.15, 0.2) is 0 Å². The molecule has 8 nitrogen and oxygen atoms in total. The van der Waals surface area contributed by atoms with E-state index in [4.69, 9.17) is 9.84 Å². The predicted molar refractivity (Wildman–Crippen MR) is 145 cm³/mol. The first-order valence-corrected chi connectivity index (χ1v) is 12.7. The topological polar surface area (TPSA) is 117 Å². The highest BCUT2D eigenvalue weighted by Gasteiger charge is 2.31. The summed E-state index contributed by atoms with van der Waals surface area (Å²) in [6.07, 6.45) is -0.693. The SMILES string of the molecule is CC(C)[C@H](NC(=O)OCC1c2ccccc2-c2ccccc21)C(=O)N[C@@H](C)C(=O)Nc1ccc(CO)cc1. The predicted octanol–water partition coefficient (Wildman–Crippen LogP) is 4.19. The van der Waals surface area contributed by atoms with Gasteiger partial charge in [0.25, 0.3) is 0 Å². The molecule has 0 heterocycles. The Balaban J connectivity index is 1.33. The molecule has 0 unspecified atom stereocenters. The monoisotopic (exact) mass is 515 g/mol. The van der Waals surface area contributed by atoms with Crippen molar-refractivity contribution in [3.8, 4) is 11.1 Å². The number of ether oxygens (including phenoxy) is 1. The van der Waals surface area contributed by atoms with Crippen LogP contribution in [0.2, 0.25) is 0 Å². The van der Waals surface area contributed by atoms with Crippen LogP contribution >= 0.6 is 0 Å². The standard InChI is InChI=1S/C30H33N3O5/c1-18(2)27(29(36)31-19(3)28(35)32-21-14-12-20(16-34)13-15-21)33-30(37)38-17-26-24-10-6-4-8-22(24)23-9-5-7-11-25(23)26/h4-15,18-19,26-27,34H,16-17H2,1-3H3,(H,31,36)(H,32,35)(H,33,37)/t19-,27-/m0/s1. The normalized spacial score (nSPS) is 13.7. The van der Waals surface area contributed by atoms with Crippen LogP contribution in [0, 0.1) is 5.92 Å². The van der Waals surface area contributed by atoms with Crippen molar-refractivity contribution in [3.63, 3.8) is 0 Å². The molecule has 2 atom stereocenters. The van der Waals surface area contributed by atoms with Gasteiger partial charge in [-0.15, -0.1) is 0 Å². The van der Waals surface area contributed by atoms with Gasteiger partial charge in [-0.25, -0.2) is 4.79 Å². The molecule has 4 rings (SSSR count). The highest BCUT2D eigenvalue weighted by molar-refractivity contribution is 5.98. The van der Waals surface area contributed by atoms with E-state index in [2.05, 4.69) is 28.1 Å². The second-order valence-corrected chi connectivity index (χ2v) is 9.77. The number of aliphatic hydroxyl groups excluding tert-OH is 1. The Morgan fingerprint density at radius 3 is 1.95 bits per heavy atom. The van der Waals surface area contributed by atoms with E-state index >= 15 is 0 Å². The lowest BCUT2D eigenvalue weighted by atomic mass is 9.98. The third-order valence-electron chi connectivity index (χ3n) is 6.72. The zero-order valence-electron chi connectivity index (χ0n) is 21.7.